The number of carbonyl (C=O) groups excluding carboxylic acids is 1. The van der Waals surface area contributed by atoms with Crippen LogP contribution in [0, 0.1) is 5.82 Å². The van der Waals surface area contributed by atoms with Crippen LogP contribution < -0.4 is 4.90 Å². The molecule has 2 aromatic rings. The van der Waals surface area contributed by atoms with Crippen molar-refractivity contribution < 1.29 is 19.0 Å². The molecule has 1 N–H and O–H groups in total. The Morgan fingerprint density at radius 2 is 2.04 bits per heavy atom. The van der Waals surface area contributed by atoms with E-state index in [1.54, 1.807) is 37.3 Å². The van der Waals surface area contributed by atoms with Crippen molar-refractivity contribution in [3.05, 3.63) is 59.4 Å². The molecule has 0 unspecified atom stereocenters. The molecule has 120 valence electrons. The summed E-state index contributed by atoms with van der Waals surface area (Å²) in [6.07, 6.45) is 0.691. The summed E-state index contributed by atoms with van der Waals surface area (Å²) in [6, 6.07) is 10.5. The molecule has 2 aromatic carbocycles. The van der Waals surface area contributed by atoms with Gasteiger partial charge in [-0.05, 0) is 60.9 Å². The van der Waals surface area contributed by atoms with E-state index < -0.39 is 6.04 Å². The Morgan fingerprint density at radius 3 is 2.74 bits per heavy atom. The molecule has 0 saturated carbocycles. The Hall–Kier alpha value is -2.56. The molecule has 0 aromatic heterocycles. The van der Waals surface area contributed by atoms with E-state index in [4.69, 9.17) is 4.74 Å². The minimum absolute atomic E-state index is 0.182. The lowest BCUT2D eigenvalue weighted by atomic mass is 9.91. The average Bonchev–Trinajstić information content (AvgIpc) is 2.54. The van der Waals surface area contributed by atoms with Crippen LogP contribution in [-0.4, -0.2) is 24.2 Å². The maximum Gasteiger partial charge on any atom is 0.333 e. The first-order chi connectivity index (χ1) is 11.1. The van der Waals surface area contributed by atoms with Gasteiger partial charge in [0.15, 0.2) is 6.04 Å². The number of fused-ring (bicyclic) bond motifs is 1. The SMILES string of the molecule is CCOC(=O)[C@@H]1c2ccc(O)cc2CCN1c1ccc(F)cc1. The number of rotatable bonds is 3. The van der Waals surface area contributed by atoms with E-state index >= 15 is 0 Å². The zero-order valence-corrected chi connectivity index (χ0v) is 12.8. The molecule has 23 heavy (non-hydrogen) atoms. The van der Waals surface area contributed by atoms with Crippen molar-refractivity contribution >= 4 is 11.7 Å². The van der Waals surface area contributed by atoms with Crippen molar-refractivity contribution in [2.75, 3.05) is 18.1 Å². The van der Waals surface area contributed by atoms with Gasteiger partial charge in [0.2, 0.25) is 0 Å². The minimum Gasteiger partial charge on any atom is -0.508 e. The fraction of sp³-hybridized carbons (Fsp3) is 0.278. The zero-order valence-electron chi connectivity index (χ0n) is 12.8. The van der Waals surface area contributed by atoms with Crippen LogP contribution >= 0.6 is 0 Å². The smallest absolute Gasteiger partial charge is 0.333 e. The molecule has 0 aliphatic carbocycles. The van der Waals surface area contributed by atoms with Crippen molar-refractivity contribution in [3.8, 4) is 5.75 Å². The summed E-state index contributed by atoms with van der Waals surface area (Å²) in [6.45, 7) is 2.65. The molecule has 0 amide bonds. The summed E-state index contributed by atoms with van der Waals surface area (Å²) in [4.78, 5) is 14.4. The van der Waals surface area contributed by atoms with E-state index in [1.807, 2.05) is 4.90 Å². The van der Waals surface area contributed by atoms with Gasteiger partial charge in [0.25, 0.3) is 0 Å². The molecule has 1 atom stereocenters. The average molecular weight is 315 g/mol. The predicted molar refractivity (Wildman–Crippen MR) is 84.9 cm³/mol. The number of ether oxygens (including phenoxy) is 1. The number of phenolic OH excluding ortho intramolecular Hbond substituents is 1. The lowest BCUT2D eigenvalue weighted by Crippen LogP contribution is -2.40. The van der Waals surface area contributed by atoms with Gasteiger partial charge < -0.3 is 14.7 Å². The summed E-state index contributed by atoms with van der Waals surface area (Å²) in [5, 5.41) is 9.66. The van der Waals surface area contributed by atoms with E-state index in [1.165, 1.54) is 12.1 Å². The highest BCUT2D eigenvalue weighted by Crippen LogP contribution is 2.36. The van der Waals surface area contributed by atoms with Crippen LogP contribution in [0.4, 0.5) is 10.1 Å². The van der Waals surface area contributed by atoms with Crippen LogP contribution in [0.25, 0.3) is 0 Å². The minimum atomic E-state index is -0.593. The Kier molecular flexibility index (Phi) is 4.19. The van der Waals surface area contributed by atoms with E-state index in [0.29, 0.717) is 19.6 Å². The fourth-order valence-electron chi connectivity index (χ4n) is 3.00. The van der Waals surface area contributed by atoms with Gasteiger partial charge in [-0.2, -0.15) is 0 Å². The normalized spacial score (nSPS) is 16.8. The number of halogens is 1. The third-order valence-electron chi connectivity index (χ3n) is 4.02. The molecule has 1 aliphatic rings. The third-order valence-corrected chi connectivity index (χ3v) is 4.02. The second kappa shape index (κ2) is 6.28. The van der Waals surface area contributed by atoms with Gasteiger partial charge in [-0.15, -0.1) is 0 Å². The van der Waals surface area contributed by atoms with Gasteiger partial charge >= 0.3 is 5.97 Å². The number of hydrogen-bond donors (Lipinski definition) is 1. The topological polar surface area (TPSA) is 49.8 Å². The monoisotopic (exact) mass is 315 g/mol. The number of nitrogens with zero attached hydrogens (tertiary/aromatic N) is 1. The molecule has 5 heteroatoms. The van der Waals surface area contributed by atoms with Crippen LogP contribution in [-0.2, 0) is 16.0 Å². The summed E-state index contributed by atoms with van der Waals surface area (Å²) in [5.74, 6) is -0.478. The van der Waals surface area contributed by atoms with Crippen molar-refractivity contribution in [1.29, 1.82) is 0 Å². The summed E-state index contributed by atoms with van der Waals surface area (Å²) < 4.78 is 18.4. The van der Waals surface area contributed by atoms with Crippen LogP contribution in [0.5, 0.6) is 5.75 Å². The lowest BCUT2D eigenvalue weighted by Gasteiger charge is -2.37. The number of anilines is 1. The first-order valence-electron chi connectivity index (χ1n) is 7.60. The second-order valence-corrected chi connectivity index (χ2v) is 5.46. The van der Waals surface area contributed by atoms with Crippen LogP contribution in [0.2, 0.25) is 0 Å². The molecule has 0 bridgehead atoms. The molecular weight excluding hydrogens is 297 g/mol. The molecule has 0 saturated heterocycles. The standard InChI is InChI=1S/C18H18FNO3/c1-2-23-18(22)17-16-8-7-15(21)11-12(16)9-10-20(17)14-5-3-13(19)4-6-14/h3-8,11,17,21H,2,9-10H2,1H3/t17-/m0/s1. The summed E-state index contributed by atoms with van der Waals surface area (Å²) >= 11 is 0. The van der Waals surface area contributed by atoms with Gasteiger partial charge in [-0.3, -0.25) is 0 Å². The number of phenols is 1. The number of esters is 1. The van der Waals surface area contributed by atoms with E-state index in [-0.39, 0.29) is 17.5 Å². The van der Waals surface area contributed by atoms with Crippen molar-refractivity contribution in [2.45, 2.75) is 19.4 Å². The highest BCUT2D eigenvalue weighted by Gasteiger charge is 2.34. The van der Waals surface area contributed by atoms with E-state index in [2.05, 4.69) is 0 Å². The lowest BCUT2D eigenvalue weighted by molar-refractivity contribution is -0.145. The summed E-state index contributed by atoms with van der Waals surface area (Å²) in [5.41, 5.74) is 2.52. The zero-order chi connectivity index (χ0) is 16.4. The number of aromatic hydroxyl groups is 1. The predicted octanol–water partition coefficient (Wildman–Crippen LogP) is 3.20. The Balaban J connectivity index is 2.03. The van der Waals surface area contributed by atoms with Gasteiger partial charge in [0.1, 0.15) is 11.6 Å². The van der Waals surface area contributed by atoms with Crippen LogP contribution in [0.15, 0.2) is 42.5 Å². The maximum atomic E-state index is 13.2. The van der Waals surface area contributed by atoms with Crippen molar-refractivity contribution in [2.24, 2.45) is 0 Å². The van der Waals surface area contributed by atoms with Gasteiger partial charge in [0, 0.05) is 12.2 Å². The number of benzene rings is 2. The van der Waals surface area contributed by atoms with Crippen LogP contribution in [0.1, 0.15) is 24.1 Å². The summed E-state index contributed by atoms with van der Waals surface area (Å²) in [7, 11) is 0. The Bertz CT molecular complexity index is 715. The molecule has 0 radical (unpaired) electrons. The van der Waals surface area contributed by atoms with Gasteiger partial charge in [-0.1, -0.05) is 6.07 Å². The maximum absolute atomic E-state index is 13.2. The second-order valence-electron chi connectivity index (χ2n) is 5.46. The van der Waals surface area contributed by atoms with E-state index in [9.17, 15) is 14.3 Å². The quantitative estimate of drug-likeness (QED) is 0.884. The molecular formula is C18H18FNO3. The third kappa shape index (κ3) is 2.99. The van der Waals surface area contributed by atoms with Crippen LogP contribution in [0.3, 0.4) is 0 Å². The van der Waals surface area contributed by atoms with Crippen molar-refractivity contribution in [1.82, 2.24) is 0 Å². The molecule has 1 heterocycles. The van der Waals surface area contributed by atoms with Crippen molar-refractivity contribution in [3.63, 3.8) is 0 Å². The fourth-order valence-corrected chi connectivity index (χ4v) is 3.00. The molecule has 0 fully saturated rings. The Morgan fingerprint density at radius 1 is 1.30 bits per heavy atom. The first-order valence-corrected chi connectivity index (χ1v) is 7.60. The molecule has 4 nitrogen and oxygen atoms in total. The Labute approximate surface area is 134 Å². The van der Waals surface area contributed by atoms with Gasteiger partial charge in [-0.25, -0.2) is 9.18 Å². The largest absolute Gasteiger partial charge is 0.508 e. The number of carbonyl (C=O) groups is 1. The molecule has 1 aliphatic heterocycles. The van der Waals surface area contributed by atoms with E-state index in [0.717, 1.165) is 16.8 Å². The highest BCUT2D eigenvalue weighted by molar-refractivity contribution is 5.83. The highest BCUT2D eigenvalue weighted by atomic mass is 19.1. The molecule has 3 rings (SSSR count). The number of hydrogen-bond acceptors (Lipinski definition) is 4. The molecule has 0 spiro atoms. The first kappa shape index (κ1) is 15.3. The van der Waals surface area contributed by atoms with Gasteiger partial charge in [0.05, 0.1) is 6.61 Å².